The molecule has 0 fully saturated rings. The molecule has 0 atom stereocenters. The highest BCUT2D eigenvalue weighted by Crippen LogP contribution is 2.01. The monoisotopic (exact) mass is 170 g/mol. The fourth-order valence-corrected chi connectivity index (χ4v) is 0.720. The Balaban J connectivity index is 0. The lowest BCUT2D eigenvalue weighted by Crippen LogP contribution is -1.78. The van der Waals surface area contributed by atoms with E-state index in [2.05, 4.69) is 0 Å². The molecular weight excluding hydrogens is 151 g/mol. The van der Waals surface area contributed by atoms with Crippen molar-refractivity contribution in [3.05, 3.63) is 35.6 Å². The molecule has 0 nitrogen and oxygen atoms in total. The summed E-state index contributed by atoms with van der Waals surface area (Å²) in [5.74, 6) is -0.160. The van der Waals surface area contributed by atoms with Gasteiger partial charge in [0.1, 0.15) is 5.82 Å². The van der Waals surface area contributed by atoms with Crippen LogP contribution in [0.3, 0.4) is 0 Å². The second-order valence-corrected chi connectivity index (χ2v) is 1.98. The van der Waals surface area contributed by atoms with Crippen LogP contribution in [0.25, 0.3) is 0 Å². The molecule has 0 heterocycles. The molecule has 0 aromatic heterocycles. The van der Waals surface area contributed by atoms with Crippen molar-refractivity contribution >= 4 is 0 Å². The molecule has 0 aliphatic rings. The molecular formula is C11H19F. The van der Waals surface area contributed by atoms with Crippen LogP contribution in [0.5, 0.6) is 0 Å². The zero-order valence-electron chi connectivity index (χ0n) is 7.39. The third kappa shape index (κ3) is 4.89. The van der Waals surface area contributed by atoms with E-state index in [1.807, 2.05) is 20.8 Å². The van der Waals surface area contributed by atoms with Crippen molar-refractivity contribution in [2.24, 2.45) is 0 Å². The molecule has 12 heavy (non-hydrogen) atoms. The summed E-state index contributed by atoms with van der Waals surface area (Å²) in [7, 11) is 0. The third-order valence-electron chi connectivity index (χ3n) is 1.32. The lowest BCUT2D eigenvalue weighted by molar-refractivity contribution is 0.627. The zero-order valence-corrected chi connectivity index (χ0v) is 7.39. The fourth-order valence-electron chi connectivity index (χ4n) is 0.720. The standard InChI is InChI=1S/C8H9F.C2H6.CH4/c1-2-7-3-5-8(9)6-4-7;1-2;/h3-6H,2H2,1H3;1-2H3;1H4. The van der Waals surface area contributed by atoms with Crippen LogP contribution in [-0.4, -0.2) is 0 Å². The number of aryl methyl sites for hydroxylation is 1. The first kappa shape index (κ1) is 13.7. The van der Waals surface area contributed by atoms with Crippen LogP contribution in [0.15, 0.2) is 24.3 Å². The molecule has 0 radical (unpaired) electrons. The van der Waals surface area contributed by atoms with Gasteiger partial charge in [0.05, 0.1) is 0 Å². The van der Waals surface area contributed by atoms with E-state index in [1.54, 1.807) is 12.1 Å². The maximum absolute atomic E-state index is 12.2. The molecule has 1 heteroatoms. The molecule has 0 amide bonds. The number of benzene rings is 1. The predicted molar refractivity (Wildman–Crippen MR) is 53.9 cm³/mol. The normalized spacial score (nSPS) is 7.67. The van der Waals surface area contributed by atoms with Gasteiger partial charge in [-0.2, -0.15) is 0 Å². The first-order valence-electron chi connectivity index (χ1n) is 4.07. The van der Waals surface area contributed by atoms with Crippen molar-refractivity contribution in [3.8, 4) is 0 Å². The van der Waals surface area contributed by atoms with Crippen molar-refractivity contribution in [2.45, 2.75) is 34.6 Å². The van der Waals surface area contributed by atoms with Crippen molar-refractivity contribution < 1.29 is 4.39 Å². The molecule has 70 valence electrons. The van der Waals surface area contributed by atoms with Gasteiger partial charge >= 0.3 is 0 Å². The maximum atomic E-state index is 12.2. The first-order valence-corrected chi connectivity index (χ1v) is 4.07. The minimum Gasteiger partial charge on any atom is -0.207 e. The zero-order chi connectivity index (χ0) is 8.69. The van der Waals surface area contributed by atoms with E-state index in [0.29, 0.717) is 0 Å². The average Bonchev–Trinajstić information content (AvgIpc) is 2.10. The maximum Gasteiger partial charge on any atom is 0.123 e. The number of halogens is 1. The van der Waals surface area contributed by atoms with Gasteiger partial charge in [0.15, 0.2) is 0 Å². The predicted octanol–water partition coefficient (Wildman–Crippen LogP) is 4.05. The minimum absolute atomic E-state index is 0. The second kappa shape index (κ2) is 8.25. The highest BCUT2D eigenvalue weighted by atomic mass is 19.1. The summed E-state index contributed by atoms with van der Waals surface area (Å²) in [5.41, 5.74) is 1.18. The molecule has 1 rings (SSSR count). The summed E-state index contributed by atoms with van der Waals surface area (Å²) in [6.45, 7) is 6.05. The third-order valence-corrected chi connectivity index (χ3v) is 1.32. The van der Waals surface area contributed by atoms with Gasteiger partial charge in [-0.25, -0.2) is 4.39 Å². The summed E-state index contributed by atoms with van der Waals surface area (Å²) in [6.07, 6.45) is 0.972. The molecule has 0 N–H and O–H groups in total. The van der Waals surface area contributed by atoms with Crippen LogP contribution in [0.2, 0.25) is 0 Å². The second-order valence-electron chi connectivity index (χ2n) is 1.98. The number of hydrogen-bond donors (Lipinski definition) is 0. The Kier molecular flexibility index (Phi) is 9.43. The molecule has 1 aromatic carbocycles. The van der Waals surface area contributed by atoms with Crippen LogP contribution < -0.4 is 0 Å². The fraction of sp³-hybridized carbons (Fsp3) is 0.455. The van der Waals surface area contributed by atoms with Gasteiger partial charge in [0.2, 0.25) is 0 Å². The Labute approximate surface area is 75.4 Å². The van der Waals surface area contributed by atoms with Crippen LogP contribution in [0.4, 0.5) is 4.39 Å². The average molecular weight is 170 g/mol. The van der Waals surface area contributed by atoms with E-state index in [9.17, 15) is 4.39 Å². The van der Waals surface area contributed by atoms with Crippen LogP contribution in [0, 0.1) is 5.82 Å². The lowest BCUT2D eigenvalue weighted by atomic mass is 10.2. The smallest absolute Gasteiger partial charge is 0.123 e. The van der Waals surface area contributed by atoms with Crippen molar-refractivity contribution in [1.29, 1.82) is 0 Å². The Morgan fingerprint density at radius 1 is 1.08 bits per heavy atom. The van der Waals surface area contributed by atoms with Crippen molar-refractivity contribution in [3.63, 3.8) is 0 Å². The van der Waals surface area contributed by atoms with Gasteiger partial charge in [-0.05, 0) is 24.1 Å². The Morgan fingerprint density at radius 2 is 1.50 bits per heavy atom. The minimum atomic E-state index is -0.160. The van der Waals surface area contributed by atoms with Gasteiger partial charge in [-0.15, -0.1) is 0 Å². The van der Waals surface area contributed by atoms with Crippen LogP contribution in [-0.2, 0) is 6.42 Å². The molecule has 0 aliphatic heterocycles. The lowest BCUT2D eigenvalue weighted by Gasteiger charge is -1.92. The van der Waals surface area contributed by atoms with Gasteiger partial charge in [0.25, 0.3) is 0 Å². The van der Waals surface area contributed by atoms with Crippen LogP contribution >= 0.6 is 0 Å². The quantitative estimate of drug-likeness (QED) is 0.596. The highest BCUT2D eigenvalue weighted by Gasteiger charge is 1.87. The SMILES string of the molecule is C.CC.CCc1ccc(F)cc1. The van der Waals surface area contributed by atoms with Crippen LogP contribution in [0.1, 0.15) is 33.8 Å². The largest absolute Gasteiger partial charge is 0.207 e. The van der Waals surface area contributed by atoms with Crippen molar-refractivity contribution in [1.82, 2.24) is 0 Å². The molecule has 0 saturated carbocycles. The van der Waals surface area contributed by atoms with Crippen molar-refractivity contribution in [2.75, 3.05) is 0 Å². The van der Waals surface area contributed by atoms with E-state index >= 15 is 0 Å². The molecule has 0 unspecified atom stereocenters. The summed E-state index contributed by atoms with van der Waals surface area (Å²) in [5, 5.41) is 0. The van der Waals surface area contributed by atoms with E-state index in [1.165, 1.54) is 17.7 Å². The van der Waals surface area contributed by atoms with E-state index in [-0.39, 0.29) is 13.2 Å². The number of rotatable bonds is 1. The topological polar surface area (TPSA) is 0 Å². The Hall–Kier alpha value is -0.850. The summed E-state index contributed by atoms with van der Waals surface area (Å²) >= 11 is 0. The molecule has 0 saturated heterocycles. The Morgan fingerprint density at radius 3 is 1.83 bits per heavy atom. The summed E-state index contributed by atoms with van der Waals surface area (Å²) < 4.78 is 12.2. The molecule has 0 spiro atoms. The number of hydrogen-bond acceptors (Lipinski definition) is 0. The first-order chi connectivity index (χ1) is 5.33. The van der Waals surface area contributed by atoms with Gasteiger partial charge in [-0.1, -0.05) is 40.3 Å². The molecule has 0 bridgehead atoms. The van der Waals surface area contributed by atoms with E-state index in [4.69, 9.17) is 0 Å². The summed E-state index contributed by atoms with van der Waals surface area (Å²) in [4.78, 5) is 0. The van der Waals surface area contributed by atoms with Gasteiger partial charge in [-0.3, -0.25) is 0 Å². The molecule has 1 aromatic rings. The van der Waals surface area contributed by atoms with Gasteiger partial charge < -0.3 is 0 Å². The highest BCUT2D eigenvalue weighted by molar-refractivity contribution is 5.15. The van der Waals surface area contributed by atoms with E-state index < -0.39 is 0 Å². The van der Waals surface area contributed by atoms with Gasteiger partial charge in [0, 0.05) is 0 Å². The molecule has 0 aliphatic carbocycles. The Bertz CT molecular complexity index is 177. The summed E-state index contributed by atoms with van der Waals surface area (Å²) in [6, 6.07) is 6.57. The van der Waals surface area contributed by atoms with E-state index in [0.717, 1.165) is 6.42 Å².